The van der Waals surface area contributed by atoms with Crippen molar-refractivity contribution < 1.29 is 63.5 Å². The molecule has 15 nitrogen and oxygen atoms in total. The minimum Gasteiger partial charge on any atom is -0.388 e. The number of aliphatic hydroxyl groups excluding tert-OH is 3. The third kappa shape index (κ3) is 14.5. The Bertz CT molecular complexity index is 2560. The number of unbranched alkanes of at least 4 members (excludes halogenated alkanes) is 8. The molecule has 3 saturated heterocycles. The molecule has 0 radical (unpaired) electrons. The summed E-state index contributed by atoms with van der Waals surface area (Å²) in [6.07, 6.45) is 0.518. The third-order valence-electron chi connectivity index (χ3n) is 19.6. The first kappa shape index (κ1) is 68.4. The molecule has 3 aromatic carbocycles. The summed E-state index contributed by atoms with van der Waals surface area (Å²) in [7, 11) is 5.26. The summed E-state index contributed by atoms with van der Waals surface area (Å²) < 4.78 is 38.3. The number of esters is 1. The molecule has 4 heterocycles. The van der Waals surface area contributed by atoms with Crippen molar-refractivity contribution in [2.45, 2.75) is 249 Å². The first-order valence-corrected chi connectivity index (χ1v) is 34.8. The van der Waals surface area contributed by atoms with Gasteiger partial charge in [0.2, 0.25) is 0 Å². The Labute approximate surface area is 507 Å². The molecule has 4 aliphatic rings. The second-order valence-electron chi connectivity index (χ2n) is 26.5. The predicted molar refractivity (Wildman–Crippen MR) is 334 cm³/mol. The molecular weight excluding hydrogens is 1110 g/mol. The van der Waals surface area contributed by atoms with E-state index in [1.165, 1.54) is 41.1 Å². The summed E-state index contributed by atoms with van der Waals surface area (Å²) in [5.41, 5.74) is -2.31. The van der Waals surface area contributed by atoms with E-state index in [1.54, 1.807) is 53.4 Å². The van der Waals surface area contributed by atoms with Gasteiger partial charge in [0.25, 0.3) is 0 Å². The van der Waals surface area contributed by atoms with Gasteiger partial charge in [-0.15, -0.1) is 0 Å². The maximum atomic E-state index is 14.7. The summed E-state index contributed by atoms with van der Waals surface area (Å²) in [6, 6.07) is 26.9. The molecule has 3 aromatic rings. The van der Waals surface area contributed by atoms with Gasteiger partial charge in [-0.25, -0.2) is 0 Å². The molecule has 3 fully saturated rings. The van der Waals surface area contributed by atoms with E-state index in [4.69, 9.17) is 39.7 Å². The van der Waals surface area contributed by atoms with Crippen molar-refractivity contribution in [3.8, 4) is 11.1 Å². The Morgan fingerprint density at radius 3 is 1.89 bits per heavy atom. The number of aliphatic hydroxyl groups is 5. The van der Waals surface area contributed by atoms with Gasteiger partial charge in [-0.05, 0) is 87.7 Å². The van der Waals surface area contributed by atoms with Gasteiger partial charge in [0, 0.05) is 32.0 Å². The van der Waals surface area contributed by atoms with Gasteiger partial charge in [0.15, 0.2) is 12.6 Å². The van der Waals surface area contributed by atoms with E-state index in [1.807, 2.05) is 32.8 Å². The molecule has 0 unspecified atom stereocenters. The number of likely N-dealkylation sites (N-methyl/N-ethyl adjacent to an activating group) is 1. The fourth-order valence-electron chi connectivity index (χ4n) is 14.6. The number of hydrogen-bond acceptors (Lipinski definition) is 14. The Morgan fingerprint density at radius 2 is 1.32 bits per heavy atom. The number of methoxy groups -OCH3 is 1. The molecule has 1 amide bonds. The van der Waals surface area contributed by atoms with Crippen molar-refractivity contribution in [3.63, 3.8) is 0 Å². The normalized spacial score (nSPS) is 37.0. The average molecular weight is 1210 g/mol. The van der Waals surface area contributed by atoms with Crippen LogP contribution in [0.25, 0.3) is 11.1 Å². The molecule has 5 N–H and O–H groups in total. The van der Waals surface area contributed by atoms with Gasteiger partial charge in [-0.1, -0.05) is 20.8 Å². The number of amides is 1. The van der Waals surface area contributed by atoms with Gasteiger partial charge in [-0.3, -0.25) is 9.59 Å². The Kier molecular flexibility index (Phi) is 23.3. The zero-order chi connectivity index (χ0) is 61.6. The minimum absolute atomic E-state index is 0.0678. The van der Waals surface area contributed by atoms with Crippen molar-refractivity contribution >= 4 is 45.0 Å². The van der Waals surface area contributed by atoms with Crippen LogP contribution in [0.4, 0.5) is 0 Å². The number of hydrogen-bond donors (Lipinski definition) is 5. The van der Waals surface area contributed by atoms with Gasteiger partial charge in [0.1, 0.15) is 30.0 Å². The molecule has 0 saturated carbocycles. The van der Waals surface area contributed by atoms with Crippen LogP contribution in [0.5, 0.6) is 0 Å². The Balaban J connectivity index is 1.03. The van der Waals surface area contributed by atoms with E-state index in [0.717, 1.165) is 57.5 Å². The molecule has 18 atom stereocenters. The van der Waals surface area contributed by atoms with E-state index < -0.39 is 108 Å². The summed E-state index contributed by atoms with van der Waals surface area (Å²) in [5.74, 6) is -6.52. The van der Waals surface area contributed by atoms with Crippen LogP contribution in [0, 0.1) is 17.8 Å². The number of carbonyl (C=O) groups is 2. The van der Waals surface area contributed by atoms with Crippen LogP contribution in [0.2, 0.25) is 0 Å². The quantitative estimate of drug-likeness (QED) is 0.0408. The van der Waals surface area contributed by atoms with Crippen LogP contribution < -0.4 is 15.9 Å². The number of ether oxygens (including phenoxy) is 6. The van der Waals surface area contributed by atoms with E-state index in [0.29, 0.717) is 12.8 Å². The second kappa shape index (κ2) is 28.6. The van der Waals surface area contributed by atoms with Gasteiger partial charge in [0.05, 0.1) is 47.6 Å². The number of nitrogens with zero attached hydrogens (tertiary/aromatic N) is 2. The number of benzene rings is 3. The molecule has 0 aliphatic carbocycles. The minimum atomic E-state index is -3.22. The number of fused-ring (bicyclic) bond motifs is 3. The molecule has 4 aliphatic heterocycles. The smallest absolute Gasteiger partial charge is 0.126 e. The molecule has 0 bridgehead atoms. The molecule has 7 rings (SSSR count). The predicted octanol–water partition coefficient (Wildman–Crippen LogP) is 9.36. The standard InChI is InChI=1S/C67H104ClN2O13P/c1-14-55-67(10,77)60(73)47(6)70(56(71)37-25-20-18-16-15-17-19-21-30-38-84(68,49-31-23-22-24-32-49)53-35-28-26-33-50(53)51-34-27-29-36-54(51)84)42-43(2)40-65(8,76)62(83-64-58(72)52(69(11)12)39-44(3)79-64)45(4)59(46(5)63(75)81-55)82-57-41-66(9,78-13)61(74)48(7)80-57/h22-24,26-29,31-36,43-48,52,55,57-62,64,72-74,76-77H,14-21,25,30,37-42H2,1-13H3/t43-,44-,45+,46-,47-,48+,52+,55-,57+,58-,59+,60-,61+,62-,64+,65-,66-,67-/m1/s1. The van der Waals surface area contributed by atoms with Gasteiger partial charge < -0.3 is 63.8 Å². The van der Waals surface area contributed by atoms with Crippen LogP contribution in [-0.2, 0) is 38.0 Å². The monoisotopic (exact) mass is 1210 g/mol. The van der Waals surface area contributed by atoms with Crippen LogP contribution in [-0.4, -0.2) is 171 Å². The number of carbonyl (C=O) groups excluding carboxylic acids is 2. The molecule has 84 heavy (non-hydrogen) atoms. The van der Waals surface area contributed by atoms with Gasteiger partial charge >= 0.3 is 205 Å². The first-order valence-electron chi connectivity index (χ1n) is 31.4. The fourth-order valence-corrected chi connectivity index (χ4v) is 21.6. The fraction of sp³-hybridized carbons (Fsp3) is 0.701. The molecule has 472 valence electrons. The maximum Gasteiger partial charge on any atom is 0.126 e. The van der Waals surface area contributed by atoms with Crippen molar-refractivity contribution in [1.29, 1.82) is 0 Å². The summed E-state index contributed by atoms with van der Waals surface area (Å²) in [5, 5.41) is 64.4. The van der Waals surface area contributed by atoms with Crippen molar-refractivity contribution in [2.75, 3.05) is 33.9 Å². The average Bonchev–Trinajstić information content (AvgIpc) is 1.99. The zero-order valence-electron chi connectivity index (χ0n) is 52.7. The van der Waals surface area contributed by atoms with Crippen molar-refractivity contribution in [2.24, 2.45) is 17.8 Å². The van der Waals surface area contributed by atoms with Crippen molar-refractivity contribution in [1.82, 2.24) is 9.80 Å². The summed E-state index contributed by atoms with van der Waals surface area (Å²) in [4.78, 5) is 32.9. The van der Waals surface area contributed by atoms with E-state index >= 15 is 0 Å². The Morgan fingerprint density at radius 1 is 0.762 bits per heavy atom. The molecular formula is C67H104ClN2O13P. The number of halogens is 1. The van der Waals surface area contributed by atoms with Crippen LogP contribution >= 0.6 is 17.2 Å². The summed E-state index contributed by atoms with van der Waals surface area (Å²) in [6.45, 7) is 17.4. The van der Waals surface area contributed by atoms with Crippen LogP contribution in [0.1, 0.15) is 159 Å². The van der Waals surface area contributed by atoms with E-state index in [9.17, 15) is 35.1 Å². The molecule has 0 aromatic heterocycles. The van der Waals surface area contributed by atoms with E-state index in [-0.39, 0.29) is 50.3 Å². The summed E-state index contributed by atoms with van der Waals surface area (Å²) >= 11 is 8.35. The molecule has 0 spiro atoms. The SMILES string of the molecule is CC[C@H]1OC(=O)[C@H](C)[C@@H](O[C@H]2C[C@@](C)(OC)[C@@H](O)[C@H](C)O2)[C@H](C)[C@@H](O[C@@H]2O[C@H](C)C[C@H](N(C)C)[C@H]2O)[C@](C)(O)C[C@@H](C)CN(C(=O)CCCCCCCCCCCP2(Cl)(c3ccccc3)c3ccccc3-c3ccccc32)[C@H](C)[C@@H](O)[C@]1(C)O. The Hall–Kier alpha value is -3.12. The first-order chi connectivity index (χ1) is 39.6. The topological polar surface area (TPSA) is 197 Å². The van der Waals surface area contributed by atoms with Gasteiger partial charge in [-0.2, -0.15) is 0 Å². The van der Waals surface area contributed by atoms with Crippen LogP contribution in [0.3, 0.4) is 0 Å². The number of rotatable bonds is 20. The zero-order valence-corrected chi connectivity index (χ0v) is 54.4. The largest absolute Gasteiger partial charge is 0.388 e. The van der Waals surface area contributed by atoms with E-state index in [2.05, 4.69) is 78.9 Å². The molecule has 17 heteroatoms. The third-order valence-corrected chi connectivity index (χ3v) is 27.1. The second-order valence-corrected chi connectivity index (χ2v) is 33.0. The maximum absolute atomic E-state index is 14.7. The number of cyclic esters (lactones) is 1. The van der Waals surface area contributed by atoms with Crippen LogP contribution in [0.15, 0.2) is 78.9 Å². The van der Waals surface area contributed by atoms with Crippen molar-refractivity contribution in [3.05, 3.63) is 78.9 Å².